The van der Waals surface area contributed by atoms with Crippen molar-refractivity contribution in [3.63, 3.8) is 0 Å². The minimum absolute atomic E-state index is 0.0524. The van der Waals surface area contributed by atoms with Crippen LogP contribution in [0.2, 0.25) is 0 Å². The van der Waals surface area contributed by atoms with E-state index in [9.17, 15) is 8.78 Å². The Morgan fingerprint density at radius 1 is 1.29 bits per heavy atom. The van der Waals surface area contributed by atoms with Gasteiger partial charge in [0, 0.05) is 19.1 Å². The van der Waals surface area contributed by atoms with Crippen LogP contribution in [0.5, 0.6) is 0 Å². The van der Waals surface area contributed by atoms with Gasteiger partial charge in [0.1, 0.15) is 17.3 Å². The van der Waals surface area contributed by atoms with Crippen LogP contribution in [0.3, 0.4) is 0 Å². The Morgan fingerprint density at radius 3 is 2.43 bits per heavy atom. The zero-order valence-electron chi connectivity index (χ0n) is 13.2. The Labute approximate surface area is 125 Å². The minimum Gasteiger partial charge on any atom is -0.377 e. The van der Waals surface area contributed by atoms with Crippen molar-refractivity contribution in [2.24, 2.45) is 0 Å². The van der Waals surface area contributed by atoms with Crippen molar-refractivity contribution in [2.45, 2.75) is 45.8 Å². The number of hydrogen-bond acceptors (Lipinski definition) is 3. The van der Waals surface area contributed by atoms with Crippen LogP contribution in [0.25, 0.3) is 0 Å². The molecule has 1 fully saturated rings. The fraction of sp³-hybridized carbons (Fsp3) is 0.625. The Balaban J connectivity index is 2.28. The van der Waals surface area contributed by atoms with Crippen LogP contribution in [0, 0.1) is 11.6 Å². The van der Waals surface area contributed by atoms with E-state index in [-0.39, 0.29) is 11.7 Å². The van der Waals surface area contributed by atoms with Gasteiger partial charge in [-0.15, -0.1) is 0 Å². The lowest BCUT2D eigenvalue weighted by molar-refractivity contribution is 0.0635. The molecule has 0 unspecified atom stereocenters. The predicted octanol–water partition coefficient (Wildman–Crippen LogP) is 3.08. The summed E-state index contributed by atoms with van der Waals surface area (Å²) in [7, 11) is 0. The predicted molar refractivity (Wildman–Crippen MR) is 80.6 cm³/mol. The van der Waals surface area contributed by atoms with Gasteiger partial charge in [0.2, 0.25) is 0 Å². The van der Waals surface area contributed by atoms with Gasteiger partial charge in [-0.2, -0.15) is 0 Å². The standard InChI is InChI=1S/C16H24F2N2O/c1-11(2)19-9-12-7-13(17)15(14(18)8-12)20-5-6-21-10-16(20,3)4/h7-8,11,19H,5-6,9-10H2,1-4H3. The summed E-state index contributed by atoms with van der Waals surface area (Å²) in [5.74, 6) is -1.02. The molecule has 1 aromatic carbocycles. The van der Waals surface area contributed by atoms with Crippen molar-refractivity contribution in [1.29, 1.82) is 0 Å². The maximum atomic E-state index is 14.4. The second kappa shape index (κ2) is 6.28. The highest BCUT2D eigenvalue weighted by molar-refractivity contribution is 5.53. The average molecular weight is 298 g/mol. The van der Waals surface area contributed by atoms with Gasteiger partial charge in [-0.1, -0.05) is 13.8 Å². The third-order valence-corrected chi connectivity index (χ3v) is 3.71. The molecule has 0 spiro atoms. The van der Waals surface area contributed by atoms with Crippen molar-refractivity contribution in [2.75, 3.05) is 24.7 Å². The number of nitrogens with zero attached hydrogens (tertiary/aromatic N) is 1. The lowest BCUT2D eigenvalue weighted by Crippen LogP contribution is -2.53. The molecule has 0 aromatic heterocycles. The van der Waals surface area contributed by atoms with E-state index in [2.05, 4.69) is 5.32 Å². The van der Waals surface area contributed by atoms with Crippen LogP contribution >= 0.6 is 0 Å². The fourth-order valence-corrected chi connectivity index (χ4v) is 2.57. The molecule has 1 aliphatic heterocycles. The number of hydrogen-bond donors (Lipinski definition) is 1. The first-order valence-corrected chi connectivity index (χ1v) is 7.38. The number of anilines is 1. The molecule has 21 heavy (non-hydrogen) atoms. The molecule has 1 saturated heterocycles. The molecule has 1 aliphatic rings. The number of benzene rings is 1. The maximum absolute atomic E-state index is 14.4. The summed E-state index contributed by atoms with van der Waals surface area (Å²) >= 11 is 0. The zero-order chi connectivity index (χ0) is 15.6. The number of halogens is 2. The molecule has 0 atom stereocenters. The van der Waals surface area contributed by atoms with E-state index in [1.54, 1.807) is 4.90 Å². The minimum atomic E-state index is -0.509. The Bertz CT molecular complexity index is 480. The summed E-state index contributed by atoms with van der Waals surface area (Å²) in [4.78, 5) is 1.76. The van der Waals surface area contributed by atoms with Crippen LogP contribution in [0.4, 0.5) is 14.5 Å². The molecule has 0 saturated carbocycles. The molecular weight excluding hydrogens is 274 g/mol. The van der Waals surface area contributed by atoms with Gasteiger partial charge in [-0.25, -0.2) is 8.78 Å². The van der Waals surface area contributed by atoms with Gasteiger partial charge < -0.3 is 15.0 Å². The van der Waals surface area contributed by atoms with Crippen LogP contribution in [0.15, 0.2) is 12.1 Å². The largest absolute Gasteiger partial charge is 0.377 e. The van der Waals surface area contributed by atoms with E-state index in [0.717, 1.165) is 0 Å². The first kappa shape index (κ1) is 16.2. The van der Waals surface area contributed by atoms with E-state index in [0.29, 0.717) is 31.9 Å². The van der Waals surface area contributed by atoms with Gasteiger partial charge >= 0.3 is 0 Å². The van der Waals surface area contributed by atoms with Crippen molar-refractivity contribution < 1.29 is 13.5 Å². The summed E-state index contributed by atoms with van der Waals surface area (Å²) in [6, 6.07) is 3.10. The highest BCUT2D eigenvalue weighted by Gasteiger charge is 2.34. The lowest BCUT2D eigenvalue weighted by Gasteiger charge is -2.44. The monoisotopic (exact) mass is 298 g/mol. The Morgan fingerprint density at radius 2 is 1.90 bits per heavy atom. The molecule has 0 bridgehead atoms. The van der Waals surface area contributed by atoms with Crippen molar-refractivity contribution in [1.82, 2.24) is 5.32 Å². The second-order valence-corrected chi connectivity index (χ2v) is 6.46. The quantitative estimate of drug-likeness (QED) is 0.924. The van der Waals surface area contributed by atoms with E-state index in [4.69, 9.17) is 4.74 Å². The van der Waals surface area contributed by atoms with E-state index >= 15 is 0 Å². The van der Waals surface area contributed by atoms with Crippen LogP contribution in [-0.2, 0) is 11.3 Å². The molecule has 3 nitrogen and oxygen atoms in total. The van der Waals surface area contributed by atoms with Gasteiger partial charge in [0.25, 0.3) is 0 Å². The molecular formula is C16H24F2N2O. The van der Waals surface area contributed by atoms with Crippen molar-refractivity contribution in [3.8, 4) is 0 Å². The molecule has 5 heteroatoms. The first-order valence-electron chi connectivity index (χ1n) is 7.38. The molecule has 1 N–H and O–H groups in total. The van der Waals surface area contributed by atoms with Gasteiger partial charge in [-0.05, 0) is 31.5 Å². The van der Waals surface area contributed by atoms with E-state index < -0.39 is 17.2 Å². The van der Waals surface area contributed by atoms with Crippen LogP contribution in [0.1, 0.15) is 33.3 Å². The van der Waals surface area contributed by atoms with E-state index in [1.807, 2.05) is 27.7 Å². The normalized spacial score (nSPS) is 18.3. The van der Waals surface area contributed by atoms with Crippen molar-refractivity contribution >= 4 is 5.69 Å². The highest BCUT2D eigenvalue weighted by Crippen LogP contribution is 2.32. The fourth-order valence-electron chi connectivity index (χ4n) is 2.57. The molecule has 1 heterocycles. The van der Waals surface area contributed by atoms with Crippen molar-refractivity contribution in [3.05, 3.63) is 29.3 Å². The number of morpholine rings is 1. The molecule has 118 valence electrons. The maximum Gasteiger partial charge on any atom is 0.149 e. The van der Waals surface area contributed by atoms with Gasteiger partial charge in [0.15, 0.2) is 0 Å². The summed E-state index contributed by atoms with van der Waals surface area (Å²) in [6.07, 6.45) is 0. The molecule has 0 radical (unpaired) electrons. The topological polar surface area (TPSA) is 24.5 Å². The summed E-state index contributed by atoms with van der Waals surface area (Å²) in [5.41, 5.74) is 0.252. The van der Waals surface area contributed by atoms with E-state index in [1.165, 1.54) is 12.1 Å². The average Bonchev–Trinajstić information content (AvgIpc) is 2.37. The third kappa shape index (κ3) is 3.71. The second-order valence-electron chi connectivity index (χ2n) is 6.46. The molecule has 2 rings (SSSR count). The summed E-state index contributed by atoms with van der Waals surface area (Å²) < 4.78 is 34.2. The number of ether oxygens (including phenoxy) is 1. The Hall–Kier alpha value is -1.20. The highest BCUT2D eigenvalue weighted by atomic mass is 19.1. The zero-order valence-corrected chi connectivity index (χ0v) is 13.2. The third-order valence-electron chi connectivity index (χ3n) is 3.71. The first-order chi connectivity index (χ1) is 9.81. The van der Waals surface area contributed by atoms with Gasteiger partial charge in [-0.3, -0.25) is 0 Å². The smallest absolute Gasteiger partial charge is 0.149 e. The molecule has 1 aromatic rings. The SMILES string of the molecule is CC(C)NCc1cc(F)c(N2CCOCC2(C)C)c(F)c1. The number of rotatable bonds is 4. The molecule has 0 aliphatic carbocycles. The number of nitrogens with one attached hydrogen (secondary N) is 1. The lowest BCUT2D eigenvalue weighted by atomic mass is 10.0. The Kier molecular flexibility index (Phi) is 4.84. The van der Waals surface area contributed by atoms with Crippen LogP contribution < -0.4 is 10.2 Å². The molecule has 0 amide bonds. The van der Waals surface area contributed by atoms with Crippen LogP contribution in [-0.4, -0.2) is 31.3 Å². The summed E-state index contributed by atoms with van der Waals surface area (Å²) in [5, 5.41) is 3.16. The summed E-state index contributed by atoms with van der Waals surface area (Å²) in [6.45, 7) is 9.75. The van der Waals surface area contributed by atoms with Gasteiger partial charge in [0.05, 0.1) is 18.8 Å².